The predicted octanol–water partition coefficient (Wildman–Crippen LogP) is 3.02. The Morgan fingerprint density at radius 1 is 1.53 bits per heavy atom. The van der Waals surface area contributed by atoms with Gasteiger partial charge in [-0.3, -0.25) is 0 Å². The highest BCUT2D eigenvalue weighted by Crippen LogP contribution is 2.24. The van der Waals surface area contributed by atoms with E-state index in [1.54, 1.807) is 6.92 Å². The van der Waals surface area contributed by atoms with Crippen molar-refractivity contribution < 1.29 is 14.2 Å². The molecule has 2 nitrogen and oxygen atoms in total. The predicted molar refractivity (Wildman–Crippen MR) is 57.8 cm³/mol. The van der Waals surface area contributed by atoms with Gasteiger partial charge < -0.3 is 9.84 Å². The highest BCUT2D eigenvalue weighted by Gasteiger charge is 2.03. The van der Waals surface area contributed by atoms with Crippen molar-refractivity contribution in [2.24, 2.45) is 0 Å². The van der Waals surface area contributed by atoms with Crippen molar-refractivity contribution in [3.8, 4) is 5.75 Å². The fraction of sp³-hybridized carbons (Fsp3) is 0.455. The number of aliphatic hydroxyl groups excluding tert-OH is 1. The topological polar surface area (TPSA) is 29.5 Å². The van der Waals surface area contributed by atoms with Crippen molar-refractivity contribution >= 4 is 11.6 Å². The van der Waals surface area contributed by atoms with E-state index in [0.717, 1.165) is 6.42 Å². The van der Waals surface area contributed by atoms with E-state index in [-0.39, 0.29) is 16.9 Å². The van der Waals surface area contributed by atoms with Crippen molar-refractivity contribution in [3.05, 3.63) is 29.0 Å². The molecule has 0 aliphatic rings. The molecule has 0 aliphatic carbocycles. The van der Waals surface area contributed by atoms with E-state index in [1.807, 2.05) is 0 Å². The van der Waals surface area contributed by atoms with Gasteiger partial charge in [0.1, 0.15) is 11.6 Å². The molecule has 0 heterocycles. The third-order valence-electron chi connectivity index (χ3n) is 1.92. The Labute approximate surface area is 93.6 Å². The van der Waals surface area contributed by atoms with Crippen molar-refractivity contribution in [1.29, 1.82) is 0 Å². The Morgan fingerprint density at radius 3 is 2.87 bits per heavy atom. The van der Waals surface area contributed by atoms with Crippen molar-refractivity contribution in [2.75, 3.05) is 6.61 Å². The number of ether oxygens (including phenoxy) is 1. The fourth-order valence-electron chi connectivity index (χ4n) is 1.15. The van der Waals surface area contributed by atoms with Crippen LogP contribution in [0.2, 0.25) is 5.02 Å². The number of halogens is 2. The van der Waals surface area contributed by atoms with Crippen LogP contribution in [0.25, 0.3) is 0 Å². The Morgan fingerprint density at radius 2 is 2.27 bits per heavy atom. The Kier molecular flexibility index (Phi) is 4.85. The molecule has 0 bridgehead atoms. The van der Waals surface area contributed by atoms with Crippen LogP contribution in [0, 0.1) is 5.82 Å². The van der Waals surface area contributed by atoms with Gasteiger partial charge in [-0.2, -0.15) is 0 Å². The molecule has 1 N–H and O–H groups in total. The standard InChI is InChI=1S/C11H14ClFO2/c1-8(14)3-2-6-15-11-5-4-9(13)7-10(11)12/h4-5,7-8,14H,2-3,6H2,1H3. The molecule has 0 fully saturated rings. The highest BCUT2D eigenvalue weighted by atomic mass is 35.5. The molecule has 0 saturated carbocycles. The second-order valence-electron chi connectivity index (χ2n) is 3.41. The molecule has 0 aromatic heterocycles. The average Bonchev–Trinajstić information content (AvgIpc) is 2.14. The lowest BCUT2D eigenvalue weighted by Gasteiger charge is -2.08. The first-order valence-corrected chi connectivity index (χ1v) is 5.23. The maximum absolute atomic E-state index is 12.7. The van der Waals surface area contributed by atoms with E-state index in [9.17, 15) is 4.39 Å². The van der Waals surface area contributed by atoms with Crippen LogP contribution in [-0.4, -0.2) is 17.8 Å². The van der Waals surface area contributed by atoms with Gasteiger partial charge in [0, 0.05) is 0 Å². The minimum atomic E-state index is -0.378. The van der Waals surface area contributed by atoms with Crippen molar-refractivity contribution in [2.45, 2.75) is 25.9 Å². The molecule has 1 aromatic rings. The lowest BCUT2D eigenvalue weighted by Crippen LogP contribution is -2.04. The minimum Gasteiger partial charge on any atom is -0.492 e. The SMILES string of the molecule is CC(O)CCCOc1ccc(F)cc1Cl. The average molecular weight is 233 g/mol. The van der Waals surface area contributed by atoms with Crippen LogP contribution >= 0.6 is 11.6 Å². The highest BCUT2D eigenvalue weighted by molar-refractivity contribution is 6.32. The Balaban J connectivity index is 2.37. The quantitative estimate of drug-likeness (QED) is 0.791. The normalized spacial score (nSPS) is 12.5. The third-order valence-corrected chi connectivity index (χ3v) is 2.21. The number of aliphatic hydroxyl groups is 1. The monoisotopic (exact) mass is 232 g/mol. The van der Waals surface area contributed by atoms with Crippen LogP contribution in [0.3, 0.4) is 0 Å². The van der Waals surface area contributed by atoms with Crippen molar-refractivity contribution in [1.82, 2.24) is 0 Å². The molecule has 15 heavy (non-hydrogen) atoms. The fourth-order valence-corrected chi connectivity index (χ4v) is 1.37. The van der Waals surface area contributed by atoms with Gasteiger partial charge in [-0.25, -0.2) is 4.39 Å². The van der Waals surface area contributed by atoms with E-state index < -0.39 is 0 Å². The van der Waals surface area contributed by atoms with Gasteiger partial charge >= 0.3 is 0 Å². The second-order valence-corrected chi connectivity index (χ2v) is 3.82. The summed E-state index contributed by atoms with van der Waals surface area (Å²) in [5.41, 5.74) is 0. The number of hydrogen-bond acceptors (Lipinski definition) is 2. The van der Waals surface area contributed by atoms with Crippen LogP contribution in [0.5, 0.6) is 5.75 Å². The second kappa shape index (κ2) is 5.93. The molecule has 0 aliphatic heterocycles. The zero-order chi connectivity index (χ0) is 11.3. The summed E-state index contributed by atoms with van der Waals surface area (Å²) >= 11 is 5.76. The first-order valence-electron chi connectivity index (χ1n) is 4.85. The van der Waals surface area contributed by atoms with Gasteiger partial charge in [0.25, 0.3) is 0 Å². The summed E-state index contributed by atoms with van der Waals surface area (Å²) in [7, 11) is 0. The van der Waals surface area contributed by atoms with Crippen LogP contribution in [0.4, 0.5) is 4.39 Å². The van der Waals surface area contributed by atoms with E-state index in [2.05, 4.69) is 0 Å². The summed E-state index contributed by atoms with van der Waals surface area (Å²) in [6.45, 7) is 2.20. The van der Waals surface area contributed by atoms with Gasteiger partial charge in [0.15, 0.2) is 0 Å². The number of benzene rings is 1. The van der Waals surface area contributed by atoms with Gasteiger partial charge in [-0.15, -0.1) is 0 Å². The summed E-state index contributed by atoms with van der Waals surface area (Å²) in [6, 6.07) is 4.02. The number of rotatable bonds is 5. The molecule has 0 amide bonds. The van der Waals surface area contributed by atoms with Crippen LogP contribution in [-0.2, 0) is 0 Å². The lowest BCUT2D eigenvalue weighted by molar-refractivity contribution is 0.170. The molecule has 1 unspecified atom stereocenters. The largest absolute Gasteiger partial charge is 0.492 e. The van der Waals surface area contributed by atoms with Gasteiger partial charge in [0.05, 0.1) is 17.7 Å². The van der Waals surface area contributed by atoms with Gasteiger partial charge in [-0.05, 0) is 38.0 Å². The molecule has 84 valence electrons. The maximum atomic E-state index is 12.7. The maximum Gasteiger partial charge on any atom is 0.138 e. The number of hydrogen-bond donors (Lipinski definition) is 1. The van der Waals surface area contributed by atoms with E-state index in [4.69, 9.17) is 21.4 Å². The molecular formula is C11H14ClFO2. The van der Waals surface area contributed by atoms with Crippen LogP contribution in [0.15, 0.2) is 18.2 Å². The summed E-state index contributed by atoms with van der Waals surface area (Å²) in [6.07, 6.45) is 1.10. The molecule has 1 rings (SSSR count). The molecule has 0 spiro atoms. The van der Waals surface area contributed by atoms with Gasteiger partial charge in [0.2, 0.25) is 0 Å². The summed E-state index contributed by atoms with van der Waals surface area (Å²) < 4.78 is 18.0. The van der Waals surface area contributed by atoms with Crippen LogP contribution < -0.4 is 4.74 Å². The lowest BCUT2D eigenvalue weighted by atomic mass is 10.2. The first-order chi connectivity index (χ1) is 7.09. The first kappa shape index (κ1) is 12.3. The molecule has 1 atom stereocenters. The molecule has 4 heteroatoms. The van der Waals surface area contributed by atoms with Crippen LogP contribution in [0.1, 0.15) is 19.8 Å². The van der Waals surface area contributed by atoms with Gasteiger partial charge in [-0.1, -0.05) is 11.6 Å². The van der Waals surface area contributed by atoms with Crippen molar-refractivity contribution in [3.63, 3.8) is 0 Å². The molecule has 0 radical (unpaired) electrons. The zero-order valence-corrected chi connectivity index (χ0v) is 9.30. The summed E-state index contributed by atoms with van der Waals surface area (Å²) in [4.78, 5) is 0. The molecular weight excluding hydrogens is 219 g/mol. The third kappa shape index (κ3) is 4.49. The zero-order valence-electron chi connectivity index (χ0n) is 8.54. The summed E-state index contributed by atoms with van der Waals surface area (Å²) in [5, 5.41) is 9.28. The minimum absolute atomic E-state index is 0.270. The smallest absolute Gasteiger partial charge is 0.138 e. The summed E-state index contributed by atoms with van der Waals surface area (Å²) in [5.74, 6) is 0.0972. The van der Waals surface area contributed by atoms with E-state index in [0.29, 0.717) is 18.8 Å². The Hall–Kier alpha value is -0.800. The van der Waals surface area contributed by atoms with E-state index >= 15 is 0 Å². The molecule has 0 saturated heterocycles. The Bertz CT molecular complexity index is 315. The van der Waals surface area contributed by atoms with E-state index in [1.165, 1.54) is 18.2 Å². The molecule has 1 aromatic carbocycles.